The van der Waals surface area contributed by atoms with Crippen LogP contribution in [0.1, 0.15) is 19.3 Å². The molecule has 1 aromatic rings. The molecule has 0 saturated carbocycles. The van der Waals surface area contributed by atoms with Gasteiger partial charge < -0.3 is 10.1 Å². The van der Waals surface area contributed by atoms with Crippen molar-refractivity contribution in [1.82, 2.24) is 0 Å². The summed E-state index contributed by atoms with van der Waals surface area (Å²) in [4.78, 5) is 0.222. The Morgan fingerprint density at radius 1 is 1.16 bits per heavy atom. The number of thioether (sulfide) groups is 1. The zero-order chi connectivity index (χ0) is 13.7. The summed E-state index contributed by atoms with van der Waals surface area (Å²) in [7, 11) is 0. The predicted octanol–water partition coefficient (Wildman–Crippen LogP) is 4.28. The third kappa shape index (κ3) is 4.95. The first-order chi connectivity index (χ1) is 9.04. The first kappa shape index (κ1) is 14.5. The lowest BCUT2D eigenvalue weighted by molar-refractivity contribution is -0.0327. The lowest BCUT2D eigenvalue weighted by Crippen LogP contribution is -2.20. The van der Waals surface area contributed by atoms with Gasteiger partial charge in [-0.15, -0.1) is 0 Å². The van der Waals surface area contributed by atoms with E-state index in [-0.39, 0.29) is 22.7 Å². The highest BCUT2D eigenvalue weighted by Crippen LogP contribution is 2.40. The summed E-state index contributed by atoms with van der Waals surface area (Å²) in [6, 6.07) is 6.73. The van der Waals surface area contributed by atoms with Crippen LogP contribution in [0.4, 0.5) is 18.9 Å². The highest BCUT2D eigenvalue weighted by molar-refractivity contribution is 8.00. The fourth-order valence-electron chi connectivity index (χ4n) is 2.07. The molecule has 1 N–H and O–H groups in total. The Bertz CT molecular complexity index is 403. The van der Waals surface area contributed by atoms with Gasteiger partial charge in [0.25, 0.3) is 0 Å². The summed E-state index contributed by atoms with van der Waals surface area (Å²) in [6.07, 6.45) is 2.68. The van der Waals surface area contributed by atoms with Gasteiger partial charge in [-0.05, 0) is 43.2 Å². The van der Waals surface area contributed by atoms with Crippen molar-refractivity contribution in [2.45, 2.75) is 35.7 Å². The van der Waals surface area contributed by atoms with Gasteiger partial charge >= 0.3 is 5.51 Å². The lowest BCUT2D eigenvalue weighted by Gasteiger charge is -2.19. The van der Waals surface area contributed by atoms with Crippen LogP contribution in [0, 0.1) is 0 Å². The first-order valence-electron chi connectivity index (χ1n) is 6.24. The highest BCUT2D eigenvalue weighted by atomic mass is 32.2. The Kier molecular flexibility index (Phi) is 4.99. The third-order valence-electron chi connectivity index (χ3n) is 2.92. The number of hydrogen-bond acceptors (Lipinski definition) is 3. The molecule has 0 bridgehead atoms. The van der Waals surface area contributed by atoms with Crippen LogP contribution in [0.25, 0.3) is 0 Å². The van der Waals surface area contributed by atoms with E-state index in [0.29, 0.717) is 12.3 Å². The summed E-state index contributed by atoms with van der Waals surface area (Å²) in [5.74, 6) is 0. The zero-order valence-electron chi connectivity index (χ0n) is 10.4. The van der Waals surface area contributed by atoms with Crippen molar-refractivity contribution in [3.05, 3.63) is 24.3 Å². The average Bonchev–Trinajstić information content (AvgIpc) is 2.58. The highest BCUT2D eigenvalue weighted by Gasteiger charge is 2.30. The molecule has 1 saturated heterocycles. The SMILES string of the molecule is FC(F)(F)Sc1ccccc1NC1CCCOCC1. The molecular weight excluding hydrogens is 275 g/mol. The van der Waals surface area contributed by atoms with Crippen LogP contribution in [0.15, 0.2) is 29.2 Å². The Morgan fingerprint density at radius 3 is 2.74 bits per heavy atom. The molecule has 0 amide bonds. The Balaban J connectivity index is 2.06. The summed E-state index contributed by atoms with van der Waals surface area (Å²) in [5.41, 5.74) is -3.71. The molecule has 106 valence electrons. The van der Waals surface area contributed by atoms with Crippen molar-refractivity contribution in [3.8, 4) is 0 Å². The Morgan fingerprint density at radius 2 is 1.95 bits per heavy atom. The van der Waals surface area contributed by atoms with E-state index < -0.39 is 5.51 Å². The number of para-hydroxylation sites is 1. The molecule has 0 aromatic heterocycles. The van der Waals surface area contributed by atoms with Crippen LogP contribution in [-0.4, -0.2) is 24.8 Å². The van der Waals surface area contributed by atoms with E-state index in [9.17, 15) is 13.2 Å². The lowest BCUT2D eigenvalue weighted by atomic mass is 10.1. The molecule has 19 heavy (non-hydrogen) atoms. The van der Waals surface area contributed by atoms with Crippen LogP contribution in [0.3, 0.4) is 0 Å². The van der Waals surface area contributed by atoms with Gasteiger partial charge in [-0.1, -0.05) is 12.1 Å². The van der Waals surface area contributed by atoms with Gasteiger partial charge in [-0.25, -0.2) is 0 Å². The average molecular weight is 291 g/mol. The summed E-state index contributed by atoms with van der Waals surface area (Å²) >= 11 is -0.0726. The number of ether oxygens (including phenoxy) is 1. The number of hydrogen-bond donors (Lipinski definition) is 1. The van der Waals surface area contributed by atoms with E-state index in [2.05, 4.69) is 5.32 Å². The number of anilines is 1. The number of nitrogens with one attached hydrogen (secondary N) is 1. The molecule has 1 fully saturated rings. The van der Waals surface area contributed by atoms with Crippen molar-refractivity contribution in [3.63, 3.8) is 0 Å². The van der Waals surface area contributed by atoms with Gasteiger partial charge in [0.2, 0.25) is 0 Å². The second-order valence-corrected chi connectivity index (χ2v) is 5.54. The second-order valence-electron chi connectivity index (χ2n) is 4.43. The molecule has 2 nitrogen and oxygen atoms in total. The Labute approximate surface area is 114 Å². The normalized spacial score (nSPS) is 20.9. The van der Waals surface area contributed by atoms with Gasteiger partial charge in [-0.2, -0.15) is 13.2 Å². The minimum Gasteiger partial charge on any atom is -0.381 e. The van der Waals surface area contributed by atoms with Crippen molar-refractivity contribution in [1.29, 1.82) is 0 Å². The smallest absolute Gasteiger partial charge is 0.381 e. The summed E-state index contributed by atoms with van der Waals surface area (Å²) < 4.78 is 42.8. The first-order valence-corrected chi connectivity index (χ1v) is 7.05. The van der Waals surface area contributed by atoms with Gasteiger partial charge in [0.1, 0.15) is 0 Å². The third-order valence-corrected chi connectivity index (χ3v) is 3.73. The Hall–Kier alpha value is -0.880. The number of halogens is 3. The van der Waals surface area contributed by atoms with Crippen LogP contribution < -0.4 is 5.32 Å². The van der Waals surface area contributed by atoms with E-state index in [0.717, 1.165) is 25.9 Å². The largest absolute Gasteiger partial charge is 0.446 e. The van der Waals surface area contributed by atoms with Gasteiger partial charge in [0, 0.05) is 29.8 Å². The van der Waals surface area contributed by atoms with Crippen molar-refractivity contribution >= 4 is 17.4 Å². The second kappa shape index (κ2) is 6.52. The predicted molar refractivity (Wildman–Crippen MR) is 70.4 cm³/mol. The summed E-state index contributed by atoms with van der Waals surface area (Å²) in [6.45, 7) is 1.39. The number of benzene rings is 1. The molecule has 1 unspecified atom stereocenters. The van der Waals surface area contributed by atoms with Crippen LogP contribution in [0.2, 0.25) is 0 Å². The van der Waals surface area contributed by atoms with Crippen LogP contribution >= 0.6 is 11.8 Å². The van der Waals surface area contributed by atoms with E-state index >= 15 is 0 Å². The van der Waals surface area contributed by atoms with Gasteiger partial charge in [-0.3, -0.25) is 0 Å². The van der Waals surface area contributed by atoms with Crippen molar-refractivity contribution in [2.24, 2.45) is 0 Å². The standard InChI is InChI=1S/C13H16F3NOS/c14-13(15,16)19-12-6-2-1-5-11(12)17-10-4-3-8-18-9-7-10/h1-2,5-6,10,17H,3-4,7-9H2. The monoisotopic (exact) mass is 291 g/mol. The molecule has 0 radical (unpaired) electrons. The molecule has 1 heterocycles. The molecule has 6 heteroatoms. The van der Waals surface area contributed by atoms with Crippen molar-refractivity contribution < 1.29 is 17.9 Å². The van der Waals surface area contributed by atoms with E-state index in [1.807, 2.05) is 0 Å². The molecular formula is C13H16F3NOS. The quantitative estimate of drug-likeness (QED) is 0.840. The van der Waals surface area contributed by atoms with E-state index in [4.69, 9.17) is 4.74 Å². The molecule has 1 aliphatic heterocycles. The topological polar surface area (TPSA) is 21.3 Å². The fourth-order valence-corrected chi connectivity index (χ4v) is 2.70. The maximum atomic E-state index is 12.5. The van der Waals surface area contributed by atoms with Crippen LogP contribution in [0.5, 0.6) is 0 Å². The van der Waals surface area contributed by atoms with Gasteiger partial charge in [0.15, 0.2) is 0 Å². The molecule has 2 rings (SSSR count). The molecule has 1 aliphatic rings. The number of rotatable bonds is 3. The van der Waals surface area contributed by atoms with E-state index in [1.54, 1.807) is 18.2 Å². The zero-order valence-corrected chi connectivity index (χ0v) is 11.2. The summed E-state index contributed by atoms with van der Waals surface area (Å²) in [5, 5.41) is 3.21. The van der Waals surface area contributed by atoms with Crippen LogP contribution in [-0.2, 0) is 4.74 Å². The number of alkyl halides is 3. The minimum atomic E-state index is -4.26. The molecule has 1 aromatic carbocycles. The van der Waals surface area contributed by atoms with Crippen molar-refractivity contribution in [2.75, 3.05) is 18.5 Å². The van der Waals surface area contributed by atoms with Gasteiger partial charge in [0.05, 0.1) is 0 Å². The minimum absolute atomic E-state index is 0.0726. The van der Waals surface area contributed by atoms with E-state index in [1.165, 1.54) is 6.07 Å². The maximum absolute atomic E-state index is 12.5. The molecule has 1 atom stereocenters. The molecule has 0 spiro atoms. The fraction of sp³-hybridized carbons (Fsp3) is 0.538. The molecule has 0 aliphatic carbocycles. The maximum Gasteiger partial charge on any atom is 0.446 e.